The van der Waals surface area contributed by atoms with Crippen LogP contribution in [0.15, 0.2) is 0 Å². The predicted molar refractivity (Wildman–Crippen MR) is 59.0 cm³/mol. The number of hydrogen-bond donors (Lipinski definition) is 0. The Morgan fingerprint density at radius 2 is 2.06 bits per heavy atom. The van der Waals surface area contributed by atoms with E-state index >= 15 is 0 Å². The topological polar surface area (TPSA) is 61.8 Å². The van der Waals surface area contributed by atoms with Crippen LogP contribution in [0.3, 0.4) is 0 Å². The fourth-order valence-electron chi connectivity index (χ4n) is 1.78. The van der Waals surface area contributed by atoms with Gasteiger partial charge in [-0.2, -0.15) is 0 Å². The highest BCUT2D eigenvalue weighted by atomic mass is 28.3. The van der Waals surface area contributed by atoms with Crippen LogP contribution in [0.25, 0.3) is 0 Å². The Hall–Kier alpha value is -0.723. The summed E-state index contributed by atoms with van der Waals surface area (Å²) in [5, 5.41) is 0. The third kappa shape index (κ3) is 4.03. The molecule has 0 aromatic rings. The second-order valence-electron chi connectivity index (χ2n) is 3.86. The third-order valence-corrected chi connectivity index (χ3v) is 4.69. The molecule has 1 fully saturated rings. The Morgan fingerprint density at radius 1 is 1.38 bits per heavy atom. The zero-order chi connectivity index (χ0) is 12.0. The molecule has 1 atom stereocenters. The number of hydrogen-bond acceptors (Lipinski definition) is 5. The van der Waals surface area contributed by atoms with Crippen molar-refractivity contribution in [3.8, 4) is 0 Å². The van der Waals surface area contributed by atoms with Crippen LogP contribution < -0.4 is 0 Å². The lowest BCUT2D eigenvalue weighted by molar-refractivity contribution is -0.167. The Bertz CT molecular complexity index is 252. The highest BCUT2D eigenvalue weighted by Gasteiger charge is 2.28. The summed E-state index contributed by atoms with van der Waals surface area (Å²) in [5.41, 5.74) is 0. The van der Waals surface area contributed by atoms with Gasteiger partial charge in [0.25, 0.3) is 0 Å². The molecular weight excluding hydrogens is 228 g/mol. The monoisotopic (exact) mass is 246 g/mol. The van der Waals surface area contributed by atoms with Gasteiger partial charge in [0.2, 0.25) is 0 Å². The SMILES string of the molecule is CO[SiH](CCCC1CCC(=O)OC1=O)OC. The van der Waals surface area contributed by atoms with Crippen LogP contribution >= 0.6 is 0 Å². The van der Waals surface area contributed by atoms with E-state index < -0.39 is 15.3 Å². The summed E-state index contributed by atoms with van der Waals surface area (Å²) in [6.45, 7) is 0. The van der Waals surface area contributed by atoms with Gasteiger partial charge in [0.1, 0.15) is 0 Å². The van der Waals surface area contributed by atoms with Gasteiger partial charge in [-0.05, 0) is 18.9 Å². The second-order valence-corrected chi connectivity index (χ2v) is 6.24. The van der Waals surface area contributed by atoms with E-state index in [4.69, 9.17) is 8.85 Å². The van der Waals surface area contributed by atoms with Gasteiger partial charge in [0.15, 0.2) is 0 Å². The average molecular weight is 246 g/mol. The van der Waals surface area contributed by atoms with Crippen LogP contribution in [0.1, 0.15) is 25.7 Å². The van der Waals surface area contributed by atoms with Crippen molar-refractivity contribution in [1.82, 2.24) is 0 Å². The fourth-order valence-corrected chi connectivity index (χ4v) is 3.01. The minimum Gasteiger partial charge on any atom is -0.400 e. The van der Waals surface area contributed by atoms with Crippen molar-refractivity contribution < 1.29 is 23.2 Å². The minimum absolute atomic E-state index is 0.124. The first-order chi connectivity index (χ1) is 7.67. The van der Waals surface area contributed by atoms with Crippen LogP contribution in [0.5, 0.6) is 0 Å². The quantitative estimate of drug-likeness (QED) is 0.393. The molecule has 1 heterocycles. The summed E-state index contributed by atoms with van der Waals surface area (Å²) in [6, 6.07) is 0.880. The number of ether oxygens (including phenoxy) is 1. The Kier molecular flexibility index (Phi) is 5.65. The largest absolute Gasteiger partial charge is 0.400 e. The molecule has 1 unspecified atom stereocenters. The van der Waals surface area contributed by atoms with E-state index in [0.717, 1.165) is 18.9 Å². The summed E-state index contributed by atoms with van der Waals surface area (Å²) in [7, 11) is 1.78. The molecule has 92 valence electrons. The van der Waals surface area contributed by atoms with E-state index in [-0.39, 0.29) is 11.9 Å². The van der Waals surface area contributed by atoms with Gasteiger partial charge in [-0.25, -0.2) is 0 Å². The second kappa shape index (κ2) is 6.77. The maximum Gasteiger partial charge on any atom is 0.320 e. The van der Waals surface area contributed by atoms with Crippen molar-refractivity contribution in [1.29, 1.82) is 0 Å². The fraction of sp³-hybridized carbons (Fsp3) is 0.800. The normalized spacial score (nSPS) is 21.3. The van der Waals surface area contributed by atoms with E-state index in [1.807, 2.05) is 0 Å². The molecule has 0 aromatic heterocycles. The third-order valence-electron chi connectivity index (χ3n) is 2.76. The number of esters is 2. The van der Waals surface area contributed by atoms with Crippen LogP contribution in [0.2, 0.25) is 6.04 Å². The van der Waals surface area contributed by atoms with Gasteiger partial charge in [-0.15, -0.1) is 0 Å². The van der Waals surface area contributed by atoms with E-state index in [9.17, 15) is 9.59 Å². The van der Waals surface area contributed by atoms with Crippen LogP contribution in [0, 0.1) is 5.92 Å². The first-order valence-electron chi connectivity index (χ1n) is 5.47. The maximum atomic E-state index is 11.3. The van der Waals surface area contributed by atoms with Crippen molar-refractivity contribution >= 4 is 21.2 Å². The van der Waals surface area contributed by atoms with E-state index in [1.54, 1.807) is 14.2 Å². The molecule has 0 radical (unpaired) electrons. The summed E-state index contributed by atoms with van der Waals surface area (Å²) in [4.78, 5) is 22.1. The van der Waals surface area contributed by atoms with E-state index in [1.165, 1.54) is 0 Å². The average Bonchev–Trinajstić information content (AvgIpc) is 2.27. The summed E-state index contributed by atoms with van der Waals surface area (Å²) >= 11 is 0. The highest BCUT2D eigenvalue weighted by Crippen LogP contribution is 2.22. The molecule has 6 heteroatoms. The molecule has 1 rings (SSSR count). The molecular formula is C10H18O5Si. The molecule has 1 aliphatic rings. The van der Waals surface area contributed by atoms with Gasteiger partial charge in [-0.3, -0.25) is 9.59 Å². The van der Waals surface area contributed by atoms with E-state index in [0.29, 0.717) is 12.8 Å². The first kappa shape index (κ1) is 13.3. The van der Waals surface area contributed by atoms with Gasteiger partial charge in [-0.1, -0.05) is 6.42 Å². The molecule has 1 aliphatic heterocycles. The van der Waals surface area contributed by atoms with Gasteiger partial charge >= 0.3 is 21.2 Å². The van der Waals surface area contributed by atoms with Crippen LogP contribution in [0.4, 0.5) is 0 Å². The van der Waals surface area contributed by atoms with Gasteiger partial charge < -0.3 is 13.6 Å². The number of carbonyl (C=O) groups excluding carboxylic acids is 2. The Labute approximate surface area is 96.9 Å². The highest BCUT2D eigenvalue weighted by molar-refractivity contribution is 6.44. The predicted octanol–water partition coefficient (Wildman–Crippen LogP) is 0.760. The lowest BCUT2D eigenvalue weighted by Gasteiger charge is -2.19. The van der Waals surface area contributed by atoms with Crippen LogP contribution in [-0.2, 0) is 23.2 Å². The molecule has 0 N–H and O–H groups in total. The zero-order valence-electron chi connectivity index (χ0n) is 9.73. The van der Waals surface area contributed by atoms with Crippen molar-refractivity contribution in [2.75, 3.05) is 14.2 Å². The first-order valence-corrected chi connectivity index (χ1v) is 7.23. The Balaban J connectivity index is 2.22. The molecule has 1 saturated heterocycles. The molecule has 0 spiro atoms. The summed E-state index contributed by atoms with van der Waals surface area (Å²) in [6.07, 6.45) is 2.60. The van der Waals surface area contributed by atoms with Crippen molar-refractivity contribution in [2.24, 2.45) is 5.92 Å². The molecule has 16 heavy (non-hydrogen) atoms. The Morgan fingerprint density at radius 3 is 2.62 bits per heavy atom. The molecule has 0 amide bonds. The number of cyclic esters (lactones) is 2. The molecule has 5 nitrogen and oxygen atoms in total. The minimum atomic E-state index is -1.52. The van der Waals surface area contributed by atoms with Crippen LogP contribution in [-0.4, -0.2) is 35.4 Å². The lowest BCUT2D eigenvalue weighted by Crippen LogP contribution is -2.28. The summed E-state index contributed by atoms with van der Waals surface area (Å²) < 4.78 is 14.9. The smallest absolute Gasteiger partial charge is 0.320 e. The number of rotatable bonds is 6. The van der Waals surface area contributed by atoms with Gasteiger partial charge in [0, 0.05) is 20.6 Å². The standard InChI is InChI=1S/C10H18O5Si/c1-13-16(14-2)7-3-4-8-5-6-9(11)15-10(8)12/h8,16H,3-7H2,1-2H3. The van der Waals surface area contributed by atoms with Crippen molar-refractivity contribution in [2.45, 2.75) is 31.7 Å². The molecule has 0 saturated carbocycles. The lowest BCUT2D eigenvalue weighted by atomic mass is 9.96. The maximum absolute atomic E-state index is 11.3. The molecule has 0 aromatic carbocycles. The summed E-state index contributed by atoms with van der Waals surface area (Å²) in [5.74, 6) is -0.896. The van der Waals surface area contributed by atoms with Crippen molar-refractivity contribution in [3.05, 3.63) is 0 Å². The van der Waals surface area contributed by atoms with Crippen molar-refractivity contribution in [3.63, 3.8) is 0 Å². The van der Waals surface area contributed by atoms with E-state index in [2.05, 4.69) is 4.74 Å². The molecule has 0 bridgehead atoms. The molecule has 0 aliphatic carbocycles. The van der Waals surface area contributed by atoms with Gasteiger partial charge in [0.05, 0.1) is 5.92 Å². The number of carbonyl (C=O) groups is 2. The zero-order valence-corrected chi connectivity index (χ0v) is 10.9.